The molecule has 0 saturated heterocycles. The van der Waals surface area contributed by atoms with Gasteiger partial charge in [-0.15, -0.1) is 11.3 Å². The van der Waals surface area contributed by atoms with Gasteiger partial charge in [0.1, 0.15) is 5.01 Å². The second kappa shape index (κ2) is 11.4. The van der Waals surface area contributed by atoms with Gasteiger partial charge >= 0.3 is 0 Å². The maximum Gasteiger partial charge on any atom is 0.251 e. The summed E-state index contributed by atoms with van der Waals surface area (Å²) in [6, 6.07) is 15.2. The zero-order valence-corrected chi connectivity index (χ0v) is 20.7. The summed E-state index contributed by atoms with van der Waals surface area (Å²) < 4.78 is 25.0. The molecule has 33 heavy (non-hydrogen) atoms. The van der Waals surface area contributed by atoms with Crippen molar-refractivity contribution < 1.29 is 18.0 Å². The number of benzene rings is 2. The molecule has 2 N–H and O–H groups in total. The van der Waals surface area contributed by atoms with Crippen molar-refractivity contribution >= 4 is 50.5 Å². The van der Waals surface area contributed by atoms with E-state index in [1.165, 1.54) is 35.6 Å². The number of carbonyl (C=O) groups excluding carboxylic acids is 2. The van der Waals surface area contributed by atoms with Gasteiger partial charge in [0.2, 0.25) is 10.0 Å². The molecule has 3 aromatic rings. The number of hydrogen-bond acceptors (Lipinski definition) is 7. The lowest BCUT2D eigenvalue weighted by atomic mass is 10.1. The van der Waals surface area contributed by atoms with E-state index in [1.807, 2.05) is 42.0 Å². The minimum absolute atomic E-state index is 0.0956. The molecule has 0 bridgehead atoms. The number of thioether (sulfide) groups is 1. The summed E-state index contributed by atoms with van der Waals surface area (Å²) in [5, 5.41) is 5.47. The van der Waals surface area contributed by atoms with Gasteiger partial charge in [0.25, 0.3) is 5.91 Å². The molecule has 1 amide bonds. The Morgan fingerprint density at radius 2 is 1.79 bits per heavy atom. The molecule has 1 heterocycles. The van der Waals surface area contributed by atoms with Crippen molar-refractivity contribution in [1.82, 2.24) is 10.3 Å². The van der Waals surface area contributed by atoms with Gasteiger partial charge in [-0.25, -0.2) is 13.4 Å². The van der Waals surface area contributed by atoms with Gasteiger partial charge in [-0.3, -0.25) is 14.3 Å². The average Bonchev–Trinajstić information content (AvgIpc) is 3.25. The Morgan fingerprint density at radius 3 is 2.42 bits per heavy atom. The van der Waals surface area contributed by atoms with Crippen molar-refractivity contribution in [2.75, 3.05) is 23.0 Å². The zero-order chi connectivity index (χ0) is 23.8. The third kappa shape index (κ3) is 7.69. The summed E-state index contributed by atoms with van der Waals surface area (Å²) in [5.41, 5.74) is 2.53. The number of ketones is 1. The average molecular weight is 504 g/mol. The number of nitrogens with one attached hydrogen (secondary N) is 2. The maximum atomic E-state index is 13.0. The van der Waals surface area contributed by atoms with Crippen LogP contribution in [0.25, 0.3) is 11.3 Å². The molecular weight excluding hydrogens is 478 g/mol. The summed E-state index contributed by atoms with van der Waals surface area (Å²) in [6.07, 6.45) is 3.66. The Morgan fingerprint density at radius 1 is 1.09 bits per heavy atom. The van der Waals surface area contributed by atoms with Crippen LogP contribution in [-0.2, 0) is 21.2 Å². The summed E-state index contributed by atoms with van der Waals surface area (Å²) in [4.78, 5) is 30.3. The molecule has 0 spiro atoms. The molecule has 0 aliphatic carbocycles. The molecule has 0 aliphatic heterocycles. The molecule has 1 aromatic heterocycles. The van der Waals surface area contributed by atoms with Crippen LogP contribution in [0.3, 0.4) is 0 Å². The van der Waals surface area contributed by atoms with E-state index in [1.54, 1.807) is 11.8 Å². The van der Waals surface area contributed by atoms with Crippen LogP contribution in [0.4, 0.5) is 5.69 Å². The first-order chi connectivity index (χ1) is 15.7. The smallest absolute Gasteiger partial charge is 0.251 e. The zero-order valence-electron chi connectivity index (χ0n) is 18.3. The predicted octanol–water partition coefficient (Wildman–Crippen LogP) is 3.84. The molecule has 1 unspecified atom stereocenters. The third-order valence-electron chi connectivity index (χ3n) is 4.70. The number of sulfonamides is 1. The van der Waals surface area contributed by atoms with E-state index in [0.717, 1.165) is 23.3 Å². The first-order valence-corrected chi connectivity index (χ1v) is 14.3. The molecule has 7 nitrogen and oxygen atoms in total. The molecule has 0 fully saturated rings. The summed E-state index contributed by atoms with van der Waals surface area (Å²) in [5.74, 6) is 0.243. The molecule has 2 aromatic carbocycles. The van der Waals surface area contributed by atoms with Crippen LogP contribution in [0.1, 0.15) is 21.8 Å². The Labute approximate surface area is 202 Å². The largest absolute Gasteiger partial charge is 0.342 e. The number of aromatic nitrogens is 1. The molecule has 10 heteroatoms. The van der Waals surface area contributed by atoms with Crippen LogP contribution in [0.2, 0.25) is 0 Å². The summed E-state index contributed by atoms with van der Waals surface area (Å²) in [7, 11) is -3.40. The van der Waals surface area contributed by atoms with E-state index in [-0.39, 0.29) is 18.1 Å². The van der Waals surface area contributed by atoms with Crippen LogP contribution in [-0.4, -0.2) is 49.4 Å². The Bertz CT molecular complexity index is 1190. The minimum atomic E-state index is -3.40. The lowest BCUT2D eigenvalue weighted by Gasteiger charge is -2.17. The second-order valence-electron chi connectivity index (χ2n) is 7.39. The van der Waals surface area contributed by atoms with Crippen LogP contribution in [0.15, 0.2) is 60.0 Å². The highest BCUT2D eigenvalue weighted by atomic mass is 32.2. The van der Waals surface area contributed by atoms with E-state index < -0.39 is 16.1 Å². The first-order valence-electron chi connectivity index (χ1n) is 10.2. The lowest BCUT2D eigenvalue weighted by Crippen LogP contribution is -2.42. The number of anilines is 1. The second-order valence-corrected chi connectivity index (χ2v) is 11.1. The number of carbonyl (C=O) groups is 2. The van der Waals surface area contributed by atoms with Gasteiger partial charge in [0, 0.05) is 22.2 Å². The number of rotatable bonds is 11. The molecule has 0 radical (unpaired) electrons. The number of hydrogen-bond donors (Lipinski definition) is 2. The summed E-state index contributed by atoms with van der Waals surface area (Å²) >= 11 is 3.03. The van der Waals surface area contributed by atoms with Gasteiger partial charge in [0.15, 0.2) is 5.78 Å². The fourth-order valence-corrected chi connectivity index (χ4v) is 4.95. The van der Waals surface area contributed by atoms with Crippen molar-refractivity contribution in [3.8, 4) is 11.3 Å². The topological polar surface area (TPSA) is 105 Å². The lowest BCUT2D eigenvalue weighted by molar-refractivity contribution is -0.120. The van der Waals surface area contributed by atoms with Crippen molar-refractivity contribution in [3.05, 3.63) is 70.5 Å². The van der Waals surface area contributed by atoms with E-state index in [0.29, 0.717) is 22.7 Å². The van der Waals surface area contributed by atoms with Gasteiger partial charge < -0.3 is 5.32 Å². The molecule has 0 aliphatic rings. The normalized spacial score (nSPS) is 12.2. The maximum absolute atomic E-state index is 13.0. The van der Waals surface area contributed by atoms with Gasteiger partial charge in [-0.05, 0) is 42.7 Å². The molecule has 3 rings (SSSR count). The van der Waals surface area contributed by atoms with Crippen LogP contribution in [0.5, 0.6) is 0 Å². The predicted molar refractivity (Wildman–Crippen MR) is 135 cm³/mol. The minimum Gasteiger partial charge on any atom is -0.342 e. The summed E-state index contributed by atoms with van der Waals surface area (Å²) in [6.45, 7) is 0. The van der Waals surface area contributed by atoms with Crippen LogP contribution in [0, 0.1) is 0 Å². The Kier molecular flexibility index (Phi) is 8.65. The standard InChI is InChI=1S/C23H25N3O4S3/c1-31-13-12-19(25-23(28)17-8-10-18(11-9-17)26-33(2,29)30)21(27)14-22-24-20(15-32-22)16-6-4-3-5-7-16/h3-11,15,19,26H,12-14H2,1-2H3,(H,25,28). The van der Waals surface area contributed by atoms with Gasteiger partial charge in [0.05, 0.1) is 24.4 Å². The van der Waals surface area contributed by atoms with Crippen LogP contribution < -0.4 is 10.0 Å². The van der Waals surface area contributed by atoms with E-state index in [9.17, 15) is 18.0 Å². The highest BCUT2D eigenvalue weighted by Gasteiger charge is 2.22. The molecule has 174 valence electrons. The number of thiazole rings is 1. The third-order valence-corrected chi connectivity index (χ3v) is 6.80. The van der Waals surface area contributed by atoms with E-state index >= 15 is 0 Å². The Balaban J connectivity index is 1.67. The number of Topliss-reactive ketones (excluding diaryl/α,β-unsaturated/α-hetero) is 1. The fourth-order valence-electron chi connectivity index (χ4n) is 3.10. The molecular formula is C23H25N3O4S3. The number of amides is 1. The fraction of sp³-hybridized carbons (Fsp3) is 0.261. The van der Waals surface area contributed by atoms with E-state index in [4.69, 9.17) is 0 Å². The Hall–Kier alpha value is -2.69. The van der Waals surface area contributed by atoms with Crippen LogP contribution >= 0.6 is 23.1 Å². The SMILES string of the molecule is CSCCC(NC(=O)c1ccc(NS(C)(=O)=O)cc1)C(=O)Cc1nc(-c2ccccc2)cs1. The van der Waals surface area contributed by atoms with Gasteiger partial charge in [-0.2, -0.15) is 11.8 Å². The van der Waals surface area contributed by atoms with Crippen molar-refractivity contribution in [2.24, 2.45) is 0 Å². The molecule has 1 atom stereocenters. The highest BCUT2D eigenvalue weighted by molar-refractivity contribution is 7.98. The van der Waals surface area contributed by atoms with Crippen molar-refractivity contribution in [1.29, 1.82) is 0 Å². The quantitative estimate of drug-likeness (QED) is 0.412. The van der Waals surface area contributed by atoms with Crippen molar-refractivity contribution in [3.63, 3.8) is 0 Å². The highest BCUT2D eigenvalue weighted by Crippen LogP contribution is 2.22. The van der Waals surface area contributed by atoms with Gasteiger partial charge in [-0.1, -0.05) is 30.3 Å². The molecule has 0 saturated carbocycles. The van der Waals surface area contributed by atoms with E-state index in [2.05, 4.69) is 15.0 Å². The number of nitrogens with zero attached hydrogens (tertiary/aromatic N) is 1. The first kappa shape index (κ1) is 24.9. The van der Waals surface area contributed by atoms with Crippen molar-refractivity contribution in [2.45, 2.75) is 18.9 Å². The monoisotopic (exact) mass is 503 g/mol.